The number of amides is 1. The van der Waals surface area contributed by atoms with Crippen LogP contribution in [0, 0.1) is 0 Å². The number of benzene rings is 2. The van der Waals surface area contributed by atoms with E-state index in [2.05, 4.69) is 33.5 Å². The predicted octanol–water partition coefficient (Wildman–Crippen LogP) is 5.57. The molecule has 5 nitrogen and oxygen atoms in total. The van der Waals surface area contributed by atoms with E-state index in [4.69, 9.17) is 0 Å². The predicted molar refractivity (Wildman–Crippen MR) is 120 cm³/mol. The maximum atomic E-state index is 12.8. The molecule has 1 unspecified atom stereocenters. The number of thioether (sulfide) groups is 1. The Kier molecular flexibility index (Phi) is 5.78. The normalized spacial score (nSPS) is 12.0. The number of aromatic nitrogens is 2. The number of fused-ring (bicyclic) bond motifs is 1. The summed E-state index contributed by atoms with van der Waals surface area (Å²) >= 11 is 3.07. The van der Waals surface area contributed by atoms with Crippen LogP contribution in [0.1, 0.15) is 13.3 Å². The summed E-state index contributed by atoms with van der Waals surface area (Å²) in [7, 11) is 0. The first-order chi connectivity index (χ1) is 14.1. The van der Waals surface area contributed by atoms with Gasteiger partial charge in [0.1, 0.15) is 21.9 Å². The molecule has 2 aromatic heterocycles. The molecule has 0 aliphatic heterocycles. The highest BCUT2D eigenvalue weighted by Gasteiger charge is 2.21. The first-order valence-electron chi connectivity index (χ1n) is 9.20. The summed E-state index contributed by atoms with van der Waals surface area (Å²) in [5.74, 6) is 0.0768. The molecule has 0 spiro atoms. The molecule has 7 heteroatoms. The van der Waals surface area contributed by atoms with E-state index in [1.807, 2.05) is 25.1 Å². The number of phenols is 1. The number of aromatic hydroxyl groups is 1. The number of carbonyl (C=O) groups excluding carboxylic acids is 1. The summed E-state index contributed by atoms with van der Waals surface area (Å²) in [6.07, 6.45) is 2.22. The Labute approximate surface area is 176 Å². The minimum atomic E-state index is -0.290. The van der Waals surface area contributed by atoms with Crippen molar-refractivity contribution >= 4 is 44.9 Å². The third-order valence-corrected chi connectivity index (χ3v) is 6.88. The van der Waals surface area contributed by atoms with Gasteiger partial charge in [0.25, 0.3) is 0 Å². The highest BCUT2D eigenvalue weighted by atomic mass is 32.2. The van der Waals surface area contributed by atoms with Crippen LogP contribution in [0.3, 0.4) is 0 Å². The summed E-state index contributed by atoms with van der Waals surface area (Å²) in [6.45, 7) is 1.98. The second-order valence-electron chi connectivity index (χ2n) is 6.43. The first kappa shape index (κ1) is 19.4. The number of nitrogens with zero attached hydrogens (tertiary/aromatic N) is 2. The standard InChI is InChI=1S/C22H19N3O2S2/c1-2-18(20(27)25-15-8-10-16(26)11-9-15)28-21-17-12-19(14-6-4-3-5-7-14)29-22(17)24-13-23-21/h3-13,18,26H,2H2,1H3,(H,25,27). The minimum Gasteiger partial charge on any atom is -0.508 e. The highest BCUT2D eigenvalue weighted by molar-refractivity contribution is 8.00. The van der Waals surface area contributed by atoms with Crippen LogP contribution in [0.2, 0.25) is 0 Å². The average molecular weight is 422 g/mol. The molecule has 146 valence electrons. The lowest BCUT2D eigenvalue weighted by atomic mass is 10.2. The smallest absolute Gasteiger partial charge is 0.237 e. The zero-order chi connectivity index (χ0) is 20.2. The Morgan fingerprint density at radius 3 is 2.62 bits per heavy atom. The van der Waals surface area contributed by atoms with E-state index in [-0.39, 0.29) is 16.9 Å². The Hall–Kier alpha value is -2.90. The van der Waals surface area contributed by atoms with E-state index in [0.717, 1.165) is 25.7 Å². The van der Waals surface area contributed by atoms with Crippen molar-refractivity contribution in [3.8, 4) is 16.2 Å². The molecule has 0 radical (unpaired) electrons. The molecule has 29 heavy (non-hydrogen) atoms. The second kappa shape index (κ2) is 8.63. The minimum absolute atomic E-state index is 0.0894. The fourth-order valence-corrected chi connectivity index (χ4v) is 4.96. The Morgan fingerprint density at radius 1 is 1.14 bits per heavy atom. The Bertz CT molecular complexity index is 1130. The van der Waals surface area contributed by atoms with Crippen molar-refractivity contribution in [1.29, 1.82) is 0 Å². The van der Waals surface area contributed by atoms with Gasteiger partial charge >= 0.3 is 0 Å². The third kappa shape index (κ3) is 4.41. The fraction of sp³-hybridized carbons (Fsp3) is 0.136. The van der Waals surface area contributed by atoms with Crippen LogP contribution in [0.15, 0.2) is 72.0 Å². The van der Waals surface area contributed by atoms with E-state index in [0.29, 0.717) is 12.1 Å². The van der Waals surface area contributed by atoms with Crippen molar-refractivity contribution in [3.63, 3.8) is 0 Å². The molecule has 0 saturated carbocycles. The van der Waals surface area contributed by atoms with Crippen molar-refractivity contribution < 1.29 is 9.90 Å². The van der Waals surface area contributed by atoms with Crippen LogP contribution in [0.4, 0.5) is 5.69 Å². The van der Waals surface area contributed by atoms with Gasteiger partial charge in [0.05, 0.1) is 5.25 Å². The second-order valence-corrected chi connectivity index (χ2v) is 8.65. The van der Waals surface area contributed by atoms with Gasteiger partial charge in [-0.1, -0.05) is 49.0 Å². The van der Waals surface area contributed by atoms with Gasteiger partial charge in [0.2, 0.25) is 5.91 Å². The van der Waals surface area contributed by atoms with E-state index in [1.54, 1.807) is 41.9 Å². The maximum absolute atomic E-state index is 12.8. The van der Waals surface area contributed by atoms with Gasteiger partial charge in [-0.2, -0.15) is 0 Å². The average Bonchev–Trinajstić information content (AvgIpc) is 3.19. The number of carbonyl (C=O) groups is 1. The largest absolute Gasteiger partial charge is 0.508 e. The van der Waals surface area contributed by atoms with Gasteiger partial charge in [0, 0.05) is 16.0 Å². The van der Waals surface area contributed by atoms with Crippen molar-refractivity contribution in [3.05, 3.63) is 67.0 Å². The molecule has 4 rings (SSSR count). The number of anilines is 1. The molecular formula is C22H19N3O2S2. The summed E-state index contributed by atoms with van der Waals surface area (Å²) in [6, 6.07) is 18.7. The van der Waals surface area contributed by atoms with Crippen LogP contribution >= 0.6 is 23.1 Å². The molecule has 1 amide bonds. The van der Waals surface area contributed by atoms with Crippen LogP contribution in [-0.2, 0) is 4.79 Å². The molecule has 0 saturated heterocycles. The van der Waals surface area contributed by atoms with Gasteiger partial charge in [0.15, 0.2) is 0 Å². The van der Waals surface area contributed by atoms with Gasteiger partial charge in [-0.3, -0.25) is 4.79 Å². The van der Waals surface area contributed by atoms with Gasteiger partial charge in [-0.15, -0.1) is 11.3 Å². The molecule has 0 fully saturated rings. The zero-order valence-corrected chi connectivity index (χ0v) is 17.3. The topological polar surface area (TPSA) is 75.1 Å². The molecule has 1 atom stereocenters. The lowest BCUT2D eigenvalue weighted by Crippen LogP contribution is -2.24. The Morgan fingerprint density at radius 2 is 1.90 bits per heavy atom. The molecule has 0 bridgehead atoms. The van der Waals surface area contributed by atoms with Crippen molar-refractivity contribution in [1.82, 2.24) is 9.97 Å². The number of nitrogens with one attached hydrogen (secondary N) is 1. The fourth-order valence-electron chi connectivity index (χ4n) is 2.90. The highest BCUT2D eigenvalue weighted by Crippen LogP contribution is 2.37. The number of hydrogen-bond donors (Lipinski definition) is 2. The zero-order valence-electron chi connectivity index (χ0n) is 15.7. The first-order valence-corrected chi connectivity index (χ1v) is 10.9. The lowest BCUT2D eigenvalue weighted by Gasteiger charge is -2.14. The number of rotatable bonds is 6. The van der Waals surface area contributed by atoms with Crippen LogP contribution in [0.25, 0.3) is 20.7 Å². The van der Waals surface area contributed by atoms with Crippen LogP contribution < -0.4 is 5.32 Å². The summed E-state index contributed by atoms with van der Waals surface area (Å²) in [4.78, 5) is 23.7. The molecule has 2 heterocycles. The van der Waals surface area contributed by atoms with Crippen LogP contribution in [-0.4, -0.2) is 26.2 Å². The van der Waals surface area contributed by atoms with Crippen molar-refractivity contribution in [2.24, 2.45) is 0 Å². The van der Waals surface area contributed by atoms with Gasteiger partial charge in [-0.05, 0) is 42.3 Å². The summed E-state index contributed by atoms with van der Waals surface area (Å²) < 4.78 is 0. The number of thiophene rings is 1. The van der Waals surface area contributed by atoms with Gasteiger partial charge < -0.3 is 10.4 Å². The van der Waals surface area contributed by atoms with E-state index < -0.39 is 0 Å². The van der Waals surface area contributed by atoms with Crippen LogP contribution in [0.5, 0.6) is 5.75 Å². The van der Waals surface area contributed by atoms with Gasteiger partial charge in [-0.25, -0.2) is 9.97 Å². The summed E-state index contributed by atoms with van der Waals surface area (Å²) in [5, 5.41) is 13.8. The quantitative estimate of drug-likeness (QED) is 0.242. The van der Waals surface area contributed by atoms with E-state index >= 15 is 0 Å². The number of hydrogen-bond acceptors (Lipinski definition) is 6. The molecule has 2 aromatic carbocycles. The number of phenolic OH excluding ortho intramolecular Hbond substituents is 1. The maximum Gasteiger partial charge on any atom is 0.237 e. The Balaban J connectivity index is 1.57. The molecule has 4 aromatic rings. The molecule has 0 aliphatic rings. The third-order valence-electron chi connectivity index (χ3n) is 4.40. The monoisotopic (exact) mass is 421 g/mol. The molecule has 2 N–H and O–H groups in total. The van der Waals surface area contributed by atoms with Crippen molar-refractivity contribution in [2.75, 3.05) is 5.32 Å². The molecule has 0 aliphatic carbocycles. The summed E-state index contributed by atoms with van der Waals surface area (Å²) in [5.41, 5.74) is 1.80. The van der Waals surface area contributed by atoms with Crippen molar-refractivity contribution in [2.45, 2.75) is 23.6 Å². The lowest BCUT2D eigenvalue weighted by molar-refractivity contribution is -0.115. The van der Waals surface area contributed by atoms with E-state index in [1.165, 1.54) is 11.8 Å². The molecular weight excluding hydrogens is 402 g/mol. The SMILES string of the molecule is CCC(Sc1ncnc2sc(-c3ccccc3)cc12)C(=O)Nc1ccc(O)cc1. The van der Waals surface area contributed by atoms with E-state index in [9.17, 15) is 9.90 Å².